The van der Waals surface area contributed by atoms with Crippen LogP contribution >= 0.6 is 0 Å². The van der Waals surface area contributed by atoms with E-state index in [2.05, 4.69) is 49.8 Å². The fraction of sp³-hybridized carbons (Fsp3) is 0.571. The van der Waals surface area contributed by atoms with Crippen LogP contribution in [0.1, 0.15) is 40.5 Å². The van der Waals surface area contributed by atoms with Gasteiger partial charge in [0, 0.05) is 25.5 Å². The van der Waals surface area contributed by atoms with Gasteiger partial charge in [0.2, 0.25) is 0 Å². The second-order valence-corrected chi connectivity index (χ2v) is 3.75. The Kier molecular flexibility index (Phi) is 7.44. The van der Waals surface area contributed by atoms with Crippen LogP contribution in [0.2, 0.25) is 0 Å². The molecule has 0 aliphatic heterocycles. The molecule has 0 saturated heterocycles. The topological polar surface area (TPSA) is 24.7 Å². The van der Waals surface area contributed by atoms with Gasteiger partial charge in [0.1, 0.15) is 0 Å². The van der Waals surface area contributed by atoms with Gasteiger partial charge >= 0.3 is 0 Å². The number of rotatable bonds is 5. The van der Waals surface area contributed by atoms with E-state index in [0.29, 0.717) is 0 Å². The zero-order chi connectivity index (χ0) is 12.6. The lowest BCUT2D eigenvalue weighted by Crippen LogP contribution is -2.02. The molecule has 2 heteroatoms. The van der Waals surface area contributed by atoms with E-state index in [1.807, 2.05) is 14.1 Å². The van der Waals surface area contributed by atoms with Gasteiger partial charge in [-0.05, 0) is 51.7 Å². The molecule has 0 aromatic rings. The molecule has 16 heavy (non-hydrogen) atoms. The summed E-state index contributed by atoms with van der Waals surface area (Å²) in [4.78, 5) is 8.45. The molecule has 0 aliphatic carbocycles. The highest BCUT2D eigenvalue weighted by molar-refractivity contribution is 6.00. The van der Waals surface area contributed by atoms with Gasteiger partial charge < -0.3 is 0 Å². The second-order valence-electron chi connectivity index (χ2n) is 3.75. The van der Waals surface area contributed by atoms with Crippen LogP contribution < -0.4 is 0 Å². The number of allylic oxidation sites excluding steroid dienone is 4. The van der Waals surface area contributed by atoms with Crippen molar-refractivity contribution in [3.63, 3.8) is 0 Å². The lowest BCUT2D eigenvalue weighted by molar-refractivity contribution is 0.980. The van der Waals surface area contributed by atoms with E-state index in [9.17, 15) is 0 Å². The Balaban J connectivity index is 4.56. The summed E-state index contributed by atoms with van der Waals surface area (Å²) in [6.45, 7) is 8.26. The monoisotopic (exact) mass is 220 g/mol. The fourth-order valence-corrected chi connectivity index (χ4v) is 1.62. The molecule has 2 nitrogen and oxygen atoms in total. The van der Waals surface area contributed by atoms with Crippen molar-refractivity contribution in [2.45, 2.75) is 40.5 Å². The summed E-state index contributed by atoms with van der Waals surface area (Å²) >= 11 is 0. The predicted octanol–water partition coefficient (Wildman–Crippen LogP) is 3.84. The molecule has 90 valence electrons. The van der Waals surface area contributed by atoms with Crippen LogP contribution in [-0.4, -0.2) is 25.5 Å². The average molecular weight is 220 g/mol. The lowest BCUT2D eigenvalue weighted by atomic mass is 9.99. The van der Waals surface area contributed by atoms with E-state index in [1.54, 1.807) is 0 Å². The first-order valence-electron chi connectivity index (χ1n) is 5.78. The van der Waals surface area contributed by atoms with Crippen LogP contribution in [0.4, 0.5) is 0 Å². The molecule has 0 N–H and O–H groups in total. The van der Waals surface area contributed by atoms with E-state index in [4.69, 9.17) is 0 Å². The average Bonchev–Trinajstić information content (AvgIpc) is 2.33. The number of aliphatic imine (C=N–C) groups is 2. The van der Waals surface area contributed by atoms with Crippen molar-refractivity contribution in [1.29, 1.82) is 0 Å². The molecule has 0 fully saturated rings. The quantitative estimate of drug-likeness (QED) is 0.629. The first kappa shape index (κ1) is 14.8. The van der Waals surface area contributed by atoms with E-state index in [0.717, 1.165) is 24.3 Å². The molecule has 0 amide bonds. The maximum Gasteiger partial charge on any atom is 0.0342 e. The molecule has 0 rings (SSSR count). The predicted molar refractivity (Wildman–Crippen MR) is 74.8 cm³/mol. The van der Waals surface area contributed by atoms with Gasteiger partial charge in [0.05, 0.1) is 0 Å². The number of hydrogen-bond donors (Lipinski definition) is 0. The SMILES string of the molecule is C/C=C(/CC/C(=C/C)C(C)=NC)C(C)=NC. The van der Waals surface area contributed by atoms with Crippen LogP contribution in [0.5, 0.6) is 0 Å². The first-order chi connectivity index (χ1) is 7.60. The second kappa shape index (κ2) is 8.03. The van der Waals surface area contributed by atoms with Crippen LogP contribution in [0.15, 0.2) is 33.3 Å². The van der Waals surface area contributed by atoms with Crippen molar-refractivity contribution in [2.75, 3.05) is 14.1 Å². The first-order valence-corrected chi connectivity index (χ1v) is 5.78. The van der Waals surface area contributed by atoms with E-state index >= 15 is 0 Å². The molecule has 0 unspecified atom stereocenters. The third-order valence-electron chi connectivity index (χ3n) is 2.96. The summed E-state index contributed by atoms with van der Waals surface area (Å²) in [5.41, 5.74) is 4.91. The van der Waals surface area contributed by atoms with Gasteiger partial charge in [0.15, 0.2) is 0 Å². The Labute approximate surface area is 99.9 Å². The third-order valence-corrected chi connectivity index (χ3v) is 2.96. The molecule has 0 saturated carbocycles. The van der Waals surface area contributed by atoms with Crippen molar-refractivity contribution in [3.8, 4) is 0 Å². The molecular formula is C14H24N2. The van der Waals surface area contributed by atoms with Gasteiger partial charge in [-0.2, -0.15) is 0 Å². The summed E-state index contributed by atoms with van der Waals surface area (Å²) in [6.07, 6.45) is 6.36. The maximum atomic E-state index is 4.23. The summed E-state index contributed by atoms with van der Waals surface area (Å²) in [7, 11) is 3.68. The highest BCUT2D eigenvalue weighted by atomic mass is 14.7. The van der Waals surface area contributed by atoms with Crippen LogP contribution in [-0.2, 0) is 0 Å². The van der Waals surface area contributed by atoms with Gasteiger partial charge in [-0.25, -0.2) is 0 Å². The minimum Gasteiger partial charge on any atom is -0.293 e. The Bertz CT molecular complexity index is 297. The zero-order valence-corrected chi connectivity index (χ0v) is 11.5. The standard InChI is InChI=1S/C14H24N2/c1-7-13(11(3)15-5)9-10-14(8-2)12(4)16-6/h7-8H,9-10H2,1-6H3/b13-7-,14-8-,15-11?,16-12?. The molecule has 0 aliphatic rings. The molecular weight excluding hydrogens is 196 g/mol. The fourth-order valence-electron chi connectivity index (χ4n) is 1.62. The molecule has 0 radical (unpaired) electrons. The van der Waals surface area contributed by atoms with Gasteiger partial charge in [-0.15, -0.1) is 0 Å². The van der Waals surface area contributed by atoms with Gasteiger partial charge in [-0.1, -0.05) is 12.2 Å². The molecule has 0 bridgehead atoms. The summed E-state index contributed by atoms with van der Waals surface area (Å²) < 4.78 is 0. The van der Waals surface area contributed by atoms with Crippen molar-refractivity contribution < 1.29 is 0 Å². The molecule has 0 aromatic heterocycles. The normalized spacial score (nSPS) is 15.6. The minimum absolute atomic E-state index is 1.03. The van der Waals surface area contributed by atoms with Crippen LogP contribution in [0.3, 0.4) is 0 Å². The largest absolute Gasteiger partial charge is 0.293 e. The Hall–Kier alpha value is -1.18. The van der Waals surface area contributed by atoms with E-state index in [1.165, 1.54) is 11.1 Å². The summed E-state index contributed by atoms with van der Waals surface area (Å²) in [5, 5.41) is 0. The summed E-state index contributed by atoms with van der Waals surface area (Å²) in [6, 6.07) is 0. The smallest absolute Gasteiger partial charge is 0.0342 e. The minimum atomic E-state index is 1.03. The van der Waals surface area contributed by atoms with Crippen LogP contribution in [0.25, 0.3) is 0 Å². The van der Waals surface area contributed by atoms with Crippen molar-refractivity contribution in [3.05, 3.63) is 23.3 Å². The Morgan fingerprint density at radius 2 is 1.12 bits per heavy atom. The highest BCUT2D eigenvalue weighted by Crippen LogP contribution is 2.14. The molecule has 0 aromatic carbocycles. The van der Waals surface area contributed by atoms with E-state index in [-0.39, 0.29) is 0 Å². The molecule has 0 heterocycles. The van der Waals surface area contributed by atoms with Crippen molar-refractivity contribution in [1.82, 2.24) is 0 Å². The zero-order valence-electron chi connectivity index (χ0n) is 11.5. The molecule has 0 atom stereocenters. The highest BCUT2D eigenvalue weighted by Gasteiger charge is 2.04. The number of hydrogen-bond acceptors (Lipinski definition) is 2. The van der Waals surface area contributed by atoms with Gasteiger partial charge in [0.25, 0.3) is 0 Å². The van der Waals surface area contributed by atoms with Crippen molar-refractivity contribution in [2.24, 2.45) is 9.98 Å². The van der Waals surface area contributed by atoms with E-state index < -0.39 is 0 Å². The number of nitrogens with zero attached hydrogens (tertiary/aromatic N) is 2. The Morgan fingerprint density at radius 1 is 0.812 bits per heavy atom. The van der Waals surface area contributed by atoms with Crippen molar-refractivity contribution >= 4 is 11.4 Å². The summed E-state index contributed by atoms with van der Waals surface area (Å²) in [5.74, 6) is 0. The maximum absolute atomic E-state index is 4.23. The van der Waals surface area contributed by atoms with Crippen LogP contribution in [0, 0.1) is 0 Å². The third kappa shape index (κ3) is 4.56. The lowest BCUT2D eigenvalue weighted by Gasteiger charge is -2.09. The molecule has 0 spiro atoms. The van der Waals surface area contributed by atoms with Gasteiger partial charge in [-0.3, -0.25) is 9.98 Å². The Morgan fingerprint density at radius 3 is 1.31 bits per heavy atom.